The number of carbonyl (C=O) groups is 1. The number of esters is 1. The van der Waals surface area contributed by atoms with Crippen molar-refractivity contribution in [2.75, 3.05) is 14.2 Å². The Kier molecular flexibility index (Phi) is 3.76. The highest BCUT2D eigenvalue weighted by Crippen LogP contribution is 2.29. The average Bonchev–Trinajstić information content (AvgIpc) is 2.80. The molecule has 2 aromatic rings. The van der Waals surface area contributed by atoms with Gasteiger partial charge in [0.05, 0.1) is 19.2 Å². The Morgan fingerprint density at radius 2 is 2.11 bits per heavy atom. The lowest BCUT2D eigenvalue weighted by atomic mass is 10.2. The highest BCUT2D eigenvalue weighted by Gasteiger charge is 2.16. The summed E-state index contributed by atoms with van der Waals surface area (Å²) in [7, 11) is 2.87. The summed E-state index contributed by atoms with van der Waals surface area (Å²) >= 11 is 6.06. The molecule has 1 heterocycles. The molecule has 2 rings (SSSR count). The van der Waals surface area contributed by atoms with Crippen molar-refractivity contribution in [2.24, 2.45) is 0 Å². The van der Waals surface area contributed by atoms with Gasteiger partial charge in [0.1, 0.15) is 11.6 Å². The van der Waals surface area contributed by atoms with Crippen molar-refractivity contribution in [3.63, 3.8) is 0 Å². The van der Waals surface area contributed by atoms with Crippen molar-refractivity contribution in [1.29, 1.82) is 0 Å². The number of rotatable bonds is 3. The van der Waals surface area contributed by atoms with Gasteiger partial charge in [-0.25, -0.2) is 9.78 Å². The number of hydrogen-bond donors (Lipinski definition) is 1. The first-order valence-corrected chi connectivity index (χ1v) is 5.93. The number of benzene rings is 1. The van der Waals surface area contributed by atoms with Gasteiger partial charge < -0.3 is 14.5 Å². The van der Waals surface area contributed by atoms with E-state index in [-0.39, 0.29) is 5.69 Å². The second-order valence-electron chi connectivity index (χ2n) is 3.90. The molecule has 1 aromatic heterocycles. The number of nitrogens with one attached hydrogen (secondary N) is 1. The molecule has 0 fully saturated rings. The van der Waals surface area contributed by atoms with Crippen LogP contribution in [0.3, 0.4) is 0 Å². The van der Waals surface area contributed by atoms with Crippen LogP contribution in [0.25, 0.3) is 11.4 Å². The minimum Gasteiger partial charge on any atom is -0.495 e. The summed E-state index contributed by atoms with van der Waals surface area (Å²) in [4.78, 5) is 18.7. The zero-order valence-corrected chi connectivity index (χ0v) is 11.5. The average molecular weight is 281 g/mol. The van der Waals surface area contributed by atoms with Crippen LogP contribution in [-0.2, 0) is 4.74 Å². The van der Waals surface area contributed by atoms with E-state index in [2.05, 4.69) is 14.7 Å². The van der Waals surface area contributed by atoms with Crippen molar-refractivity contribution in [2.45, 2.75) is 6.92 Å². The van der Waals surface area contributed by atoms with E-state index in [1.165, 1.54) is 7.11 Å². The first-order valence-electron chi connectivity index (χ1n) is 5.55. The van der Waals surface area contributed by atoms with Crippen LogP contribution >= 0.6 is 11.6 Å². The number of ether oxygens (including phenoxy) is 2. The van der Waals surface area contributed by atoms with E-state index in [1.54, 1.807) is 26.2 Å². The topological polar surface area (TPSA) is 64.2 Å². The molecule has 0 saturated heterocycles. The number of nitrogens with zero attached hydrogens (tertiary/aromatic N) is 1. The minimum atomic E-state index is -0.473. The summed E-state index contributed by atoms with van der Waals surface area (Å²) in [5.74, 6) is 0.670. The van der Waals surface area contributed by atoms with Gasteiger partial charge in [0, 0.05) is 11.3 Å². The zero-order chi connectivity index (χ0) is 14.0. The molecule has 19 heavy (non-hydrogen) atoms. The molecule has 0 aliphatic carbocycles. The van der Waals surface area contributed by atoms with Gasteiger partial charge in [-0.3, -0.25) is 0 Å². The maximum Gasteiger partial charge on any atom is 0.358 e. The summed E-state index contributed by atoms with van der Waals surface area (Å²) in [6.45, 7) is 1.76. The Morgan fingerprint density at radius 1 is 1.37 bits per heavy atom. The fourth-order valence-corrected chi connectivity index (χ4v) is 1.96. The normalized spacial score (nSPS) is 10.3. The molecule has 1 N–H and O–H groups in total. The van der Waals surface area contributed by atoms with Crippen LogP contribution in [0, 0.1) is 6.92 Å². The lowest BCUT2D eigenvalue weighted by molar-refractivity contribution is 0.0594. The molecule has 0 spiro atoms. The molecule has 0 saturated carbocycles. The number of halogens is 1. The van der Waals surface area contributed by atoms with Crippen LogP contribution in [0.2, 0.25) is 5.02 Å². The largest absolute Gasteiger partial charge is 0.495 e. The van der Waals surface area contributed by atoms with Gasteiger partial charge in [0.25, 0.3) is 0 Å². The molecule has 0 radical (unpaired) electrons. The molecule has 0 atom stereocenters. The third-order valence-electron chi connectivity index (χ3n) is 2.69. The van der Waals surface area contributed by atoms with Gasteiger partial charge in [-0.05, 0) is 25.1 Å². The lowest BCUT2D eigenvalue weighted by Crippen LogP contribution is -2.03. The maximum absolute atomic E-state index is 11.5. The summed E-state index contributed by atoms with van der Waals surface area (Å²) in [6.07, 6.45) is 0. The first-order chi connectivity index (χ1) is 9.06. The molecule has 0 unspecified atom stereocenters. The number of aromatic nitrogens is 2. The van der Waals surface area contributed by atoms with E-state index < -0.39 is 5.97 Å². The van der Waals surface area contributed by atoms with E-state index in [4.69, 9.17) is 16.3 Å². The molecule has 6 heteroatoms. The van der Waals surface area contributed by atoms with Crippen LogP contribution in [-0.4, -0.2) is 30.2 Å². The molecule has 0 aliphatic heterocycles. The second-order valence-corrected chi connectivity index (χ2v) is 4.31. The van der Waals surface area contributed by atoms with Crippen molar-refractivity contribution < 1.29 is 14.3 Å². The van der Waals surface area contributed by atoms with Gasteiger partial charge in [-0.15, -0.1) is 0 Å². The Labute approximate surface area is 115 Å². The summed E-state index contributed by atoms with van der Waals surface area (Å²) in [5, 5.41) is 0.480. The number of carbonyl (C=O) groups excluding carboxylic acids is 1. The van der Waals surface area contributed by atoms with E-state index in [0.29, 0.717) is 22.3 Å². The minimum absolute atomic E-state index is 0.268. The van der Waals surface area contributed by atoms with Gasteiger partial charge in [0.15, 0.2) is 5.69 Å². The SMILES string of the molecule is COC(=O)c1nc(-c2ccc(OC)c(Cl)c2)[nH]c1C. The van der Waals surface area contributed by atoms with Crippen molar-refractivity contribution >= 4 is 17.6 Å². The predicted molar refractivity (Wildman–Crippen MR) is 71.7 cm³/mol. The highest BCUT2D eigenvalue weighted by molar-refractivity contribution is 6.32. The lowest BCUT2D eigenvalue weighted by Gasteiger charge is -2.03. The number of hydrogen-bond acceptors (Lipinski definition) is 4. The summed E-state index contributed by atoms with van der Waals surface area (Å²) in [5.41, 5.74) is 1.68. The fraction of sp³-hybridized carbons (Fsp3) is 0.231. The van der Waals surface area contributed by atoms with Crippen molar-refractivity contribution in [1.82, 2.24) is 9.97 Å². The first kappa shape index (κ1) is 13.4. The highest BCUT2D eigenvalue weighted by atomic mass is 35.5. The standard InChI is InChI=1S/C13H13ClN2O3/c1-7-11(13(17)19-3)16-12(15-7)8-4-5-10(18-2)9(14)6-8/h4-6H,1-3H3,(H,15,16). The summed E-state index contributed by atoms with van der Waals surface area (Å²) < 4.78 is 9.74. The molecule has 0 amide bonds. The van der Waals surface area contributed by atoms with E-state index in [1.807, 2.05) is 6.07 Å². The Hall–Kier alpha value is -2.01. The van der Waals surface area contributed by atoms with Gasteiger partial charge >= 0.3 is 5.97 Å². The quantitative estimate of drug-likeness (QED) is 0.878. The predicted octanol–water partition coefficient (Wildman–Crippen LogP) is 2.83. The summed E-state index contributed by atoms with van der Waals surface area (Å²) in [6, 6.07) is 5.27. The van der Waals surface area contributed by atoms with Crippen LogP contribution in [0.4, 0.5) is 0 Å². The van der Waals surface area contributed by atoms with Gasteiger partial charge in [-0.2, -0.15) is 0 Å². The zero-order valence-electron chi connectivity index (χ0n) is 10.8. The van der Waals surface area contributed by atoms with E-state index >= 15 is 0 Å². The van der Waals surface area contributed by atoms with E-state index in [0.717, 1.165) is 5.56 Å². The van der Waals surface area contributed by atoms with Crippen LogP contribution in [0.5, 0.6) is 5.75 Å². The van der Waals surface area contributed by atoms with Crippen molar-refractivity contribution in [3.05, 3.63) is 34.6 Å². The number of methoxy groups -OCH3 is 2. The number of aromatic amines is 1. The maximum atomic E-state index is 11.5. The fourth-order valence-electron chi connectivity index (χ4n) is 1.71. The Balaban J connectivity index is 2.42. The van der Waals surface area contributed by atoms with Crippen LogP contribution in [0.1, 0.15) is 16.2 Å². The Bertz CT molecular complexity index is 622. The van der Waals surface area contributed by atoms with Crippen LogP contribution < -0.4 is 4.74 Å². The molecular formula is C13H13ClN2O3. The second kappa shape index (κ2) is 5.32. The molecule has 1 aromatic carbocycles. The third-order valence-corrected chi connectivity index (χ3v) is 2.98. The molecular weight excluding hydrogens is 268 g/mol. The molecule has 0 bridgehead atoms. The molecule has 100 valence electrons. The number of imidazole rings is 1. The third kappa shape index (κ3) is 2.56. The molecule has 0 aliphatic rings. The monoisotopic (exact) mass is 280 g/mol. The van der Waals surface area contributed by atoms with Gasteiger partial charge in [0.2, 0.25) is 0 Å². The number of H-pyrrole nitrogens is 1. The molecule has 5 nitrogen and oxygen atoms in total. The van der Waals surface area contributed by atoms with Gasteiger partial charge in [-0.1, -0.05) is 11.6 Å². The van der Waals surface area contributed by atoms with Crippen LogP contribution in [0.15, 0.2) is 18.2 Å². The Morgan fingerprint density at radius 3 is 2.68 bits per heavy atom. The number of aryl methyl sites for hydroxylation is 1. The smallest absolute Gasteiger partial charge is 0.358 e. The van der Waals surface area contributed by atoms with E-state index in [9.17, 15) is 4.79 Å². The van der Waals surface area contributed by atoms with Crippen molar-refractivity contribution in [3.8, 4) is 17.1 Å².